The molecule has 0 spiro atoms. The molecule has 0 unspecified atom stereocenters. The topological polar surface area (TPSA) is 80.8 Å². The van der Waals surface area contributed by atoms with E-state index in [4.69, 9.17) is 0 Å². The van der Waals surface area contributed by atoms with E-state index >= 15 is 0 Å². The number of hydrogen-bond acceptors (Lipinski definition) is 5. The Morgan fingerprint density at radius 1 is 1.82 bits per heavy atom. The van der Waals surface area contributed by atoms with E-state index in [-0.39, 0.29) is 36.8 Å². The number of tetrazole rings is 1. The minimum absolute atomic E-state index is 0. The molecular weight excluding hydrogens is 159 g/mol. The van der Waals surface area contributed by atoms with Crippen LogP contribution < -0.4 is 29.6 Å². The first-order chi connectivity index (χ1) is 4.84. The van der Waals surface area contributed by atoms with Gasteiger partial charge in [-0.25, -0.2) is 4.79 Å². The van der Waals surface area contributed by atoms with Crippen molar-refractivity contribution in [1.82, 2.24) is 20.6 Å². The fourth-order valence-corrected chi connectivity index (χ4v) is 0.444. The zero-order valence-corrected chi connectivity index (χ0v) is 8.37. The van der Waals surface area contributed by atoms with Crippen LogP contribution in [-0.2, 0) is 4.74 Å². The predicted octanol–water partition coefficient (Wildman–Crippen LogP) is -3.51. The van der Waals surface area contributed by atoms with E-state index in [1.165, 1.54) is 0 Å². The van der Waals surface area contributed by atoms with E-state index in [1.54, 1.807) is 6.92 Å². The third-order valence-electron chi connectivity index (χ3n) is 0.803. The maximum atomic E-state index is 10.7. The molecule has 0 saturated heterocycles. The number of hydrogen-bond donors (Lipinski definition) is 1. The summed E-state index contributed by atoms with van der Waals surface area (Å²) in [6.07, 6.45) is 0. The number of aromatic amines is 1. The largest absolute Gasteiger partial charge is 1.00 e. The number of aromatic nitrogens is 4. The normalized spacial score (nSPS) is 8.45. The van der Waals surface area contributed by atoms with Crippen molar-refractivity contribution in [2.24, 2.45) is 0 Å². The predicted molar refractivity (Wildman–Crippen MR) is 31.2 cm³/mol. The Labute approximate surface area is 86.5 Å². The molecule has 56 valence electrons. The Balaban J connectivity index is 0. The summed E-state index contributed by atoms with van der Waals surface area (Å²) in [7, 11) is 0. The molecule has 1 heterocycles. The Morgan fingerprint density at radius 3 is 3.00 bits per heavy atom. The van der Waals surface area contributed by atoms with E-state index in [0.29, 0.717) is 6.61 Å². The van der Waals surface area contributed by atoms with Crippen molar-refractivity contribution < 1.29 is 40.5 Å². The number of esters is 1. The van der Waals surface area contributed by atoms with Crippen molar-refractivity contribution in [2.75, 3.05) is 6.61 Å². The van der Waals surface area contributed by atoms with Crippen molar-refractivity contribution in [3.8, 4) is 0 Å². The van der Waals surface area contributed by atoms with Crippen LogP contribution in [0.5, 0.6) is 0 Å². The summed E-state index contributed by atoms with van der Waals surface area (Å²) < 4.78 is 4.56. The van der Waals surface area contributed by atoms with Crippen molar-refractivity contribution in [2.45, 2.75) is 6.92 Å². The average Bonchev–Trinajstić information content (AvgIpc) is 2.38. The minimum Gasteiger partial charge on any atom is -1.00 e. The van der Waals surface area contributed by atoms with E-state index in [0.717, 1.165) is 0 Å². The average molecular weight is 166 g/mol. The third-order valence-corrected chi connectivity index (χ3v) is 0.803. The minimum atomic E-state index is -0.559. The van der Waals surface area contributed by atoms with Crippen molar-refractivity contribution in [3.05, 3.63) is 5.82 Å². The smallest absolute Gasteiger partial charge is 1.00 e. The van der Waals surface area contributed by atoms with Crippen LogP contribution in [0.2, 0.25) is 0 Å². The molecule has 0 aliphatic carbocycles. The van der Waals surface area contributed by atoms with Gasteiger partial charge < -0.3 is 6.16 Å². The van der Waals surface area contributed by atoms with Crippen molar-refractivity contribution in [1.29, 1.82) is 0 Å². The molecule has 0 aromatic carbocycles. The Hall–Kier alpha value is -0.460. The number of carbonyl (C=O) groups excluding carboxylic acids is 1. The van der Waals surface area contributed by atoms with Crippen LogP contribution >= 0.6 is 0 Å². The van der Waals surface area contributed by atoms with Crippen LogP contribution in [0.4, 0.5) is 0 Å². The molecule has 1 aromatic rings. The summed E-state index contributed by atoms with van der Waals surface area (Å²) in [5.74, 6) is -0.599. The van der Waals surface area contributed by atoms with Gasteiger partial charge in [0.15, 0.2) is 0 Å². The molecule has 1 rings (SSSR count). The fourth-order valence-electron chi connectivity index (χ4n) is 0.444. The molecule has 0 atom stereocenters. The van der Waals surface area contributed by atoms with Gasteiger partial charge in [-0.1, -0.05) is 0 Å². The first kappa shape index (κ1) is 10.5. The number of carbonyl (C=O) groups is 1. The maximum Gasteiger partial charge on any atom is 1.00 e. The van der Waals surface area contributed by atoms with Gasteiger partial charge in [-0.15, -0.1) is 10.2 Å². The summed E-state index contributed by atoms with van der Waals surface area (Å²) in [5.41, 5.74) is 0. The second-order valence-electron chi connectivity index (χ2n) is 1.46. The second-order valence-corrected chi connectivity index (χ2v) is 1.46. The van der Waals surface area contributed by atoms with Crippen LogP contribution in [0.15, 0.2) is 0 Å². The van der Waals surface area contributed by atoms with Crippen LogP contribution in [0.1, 0.15) is 19.0 Å². The van der Waals surface area contributed by atoms with Gasteiger partial charge in [0, 0.05) is 0 Å². The molecule has 0 aliphatic rings. The Kier molecular flexibility index (Phi) is 5.01. The van der Waals surface area contributed by atoms with Gasteiger partial charge in [0.1, 0.15) is 0 Å². The fraction of sp³-hybridized carbons (Fsp3) is 0.500. The molecule has 1 aromatic heterocycles. The van der Waals surface area contributed by atoms with E-state index < -0.39 is 5.97 Å². The quantitative estimate of drug-likeness (QED) is 0.364. The Morgan fingerprint density at radius 2 is 2.55 bits per heavy atom. The first-order valence-corrected chi connectivity index (χ1v) is 2.75. The molecular formula is C4H7N4NaO2. The number of rotatable bonds is 2. The molecule has 0 radical (unpaired) electrons. The molecule has 11 heavy (non-hydrogen) atoms. The Bertz CT molecular complexity index is 217. The number of nitrogens with one attached hydrogen (secondary N) is 1. The van der Waals surface area contributed by atoms with E-state index in [2.05, 4.69) is 25.4 Å². The summed E-state index contributed by atoms with van der Waals surface area (Å²) >= 11 is 0. The van der Waals surface area contributed by atoms with Crippen molar-refractivity contribution in [3.63, 3.8) is 0 Å². The monoisotopic (exact) mass is 166 g/mol. The standard InChI is InChI=1S/C4H6N4O2.Na.H/c1-2-10-4(9)3-5-7-8-6-3;;/h2H2,1H3,(H,5,6,7,8);;/q;+1;-1. The van der Waals surface area contributed by atoms with Gasteiger partial charge in [0.2, 0.25) is 0 Å². The number of nitrogens with zero attached hydrogens (tertiary/aromatic N) is 3. The second kappa shape index (κ2) is 5.22. The summed E-state index contributed by atoms with van der Waals surface area (Å²) in [6, 6.07) is 0. The molecule has 0 bridgehead atoms. The number of ether oxygens (including phenoxy) is 1. The molecule has 1 N–H and O–H groups in total. The van der Waals surface area contributed by atoms with E-state index in [9.17, 15) is 4.79 Å². The van der Waals surface area contributed by atoms with Gasteiger partial charge in [-0.05, 0) is 12.1 Å². The molecule has 7 heteroatoms. The summed E-state index contributed by atoms with van der Waals surface area (Å²) in [6.45, 7) is 2.02. The molecule has 0 aliphatic heterocycles. The zero-order valence-electron chi connectivity index (χ0n) is 7.37. The zero-order chi connectivity index (χ0) is 7.40. The van der Waals surface area contributed by atoms with Gasteiger partial charge >= 0.3 is 35.5 Å². The summed E-state index contributed by atoms with van der Waals surface area (Å²) in [4.78, 5) is 10.7. The van der Waals surface area contributed by atoms with Crippen LogP contribution in [0, 0.1) is 0 Å². The van der Waals surface area contributed by atoms with Gasteiger partial charge in [0.05, 0.1) is 6.61 Å². The summed E-state index contributed by atoms with van der Waals surface area (Å²) in [5, 5.41) is 12.2. The SMILES string of the molecule is CCOC(=O)c1nn[nH]n1.[H-].[Na+]. The van der Waals surface area contributed by atoms with Crippen LogP contribution in [0.25, 0.3) is 0 Å². The van der Waals surface area contributed by atoms with Crippen LogP contribution in [0.3, 0.4) is 0 Å². The third kappa shape index (κ3) is 2.96. The molecule has 0 amide bonds. The van der Waals surface area contributed by atoms with Crippen molar-refractivity contribution >= 4 is 5.97 Å². The number of H-pyrrole nitrogens is 1. The molecule has 0 saturated carbocycles. The molecule has 0 fully saturated rings. The van der Waals surface area contributed by atoms with E-state index in [1.807, 2.05) is 0 Å². The maximum absolute atomic E-state index is 10.7. The van der Waals surface area contributed by atoms with Gasteiger partial charge in [-0.2, -0.15) is 5.21 Å². The van der Waals surface area contributed by atoms with Gasteiger partial charge in [0.25, 0.3) is 5.82 Å². The van der Waals surface area contributed by atoms with Gasteiger partial charge in [-0.3, -0.25) is 0 Å². The first-order valence-electron chi connectivity index (χ1n) is 2.75. The molecule has 6 nitrogen and oxygen atoms in total. The van der Waals surface area contributed by atoms with Crippen LogP contribution in [-0.4, -0.2) is 33.2 Å².